The van der Waals surface area contributed by atoms with Crippen molar-refractivity contribution in [3.05, 3.63) is 60.7 Å². The minimum Gasteiger partial charge on any atom is -0.326 e. The van der Waals surface area contributed by atoms with E-state index in [9.17, 15) is 24.0 Å². The summed E-state index contributed by atoms with van der Waals surface area (Å²) < 4.78 is 0. The molecule has 0 heterocycles. The molecular formula is C22H22Cl2N2O5. The molecule has 0 aliphatic rings. The highest BCUT2D eigenvalue weighted by atomic mass is 35.5. The Morgan fingerprint density at radius 2 is 1.16 bits per heavy atom. The quantitative estimate of drug-likeness (QED) is 0.436. The van der Waals surface area contributed by atoms with Gasteiger partial charge < -0.3 is 10.6 Å². The summed E-state index contributed by atoms with van der Waals surface area (Å²) in [5, 5.41) is 5.09. The van der Waals surface area contributed by atoms with Gasteiger partial charge in [-0.25, -0.2) is 0 Å². The maximum absolute atomic E-state index is 11.8. The third kappa shape index (κ3) is 10.0. The van der Waals surface area contributed by atoms with Crippen molar-refractivity contribution in [1.82, 2.24) is 0 Å². The third-order valence-electron chi connectivity index (χ3n) is 3.68. The molecular weight excluding hydrogens is 443 g/mol. The van der Waals surface area contributed by atoms with Gasteiger partial charge >= 0.3 is 0 Å². The lowest BCUT2D eigenvalue weighted by Crippen LogP contribution is -2.37. The zero-order chi connectivity index (χ0) is 23.2. The minimum atomic E-state index is -1.44. The second kappa shape index (κ2) is 14.1. The molecule has 0 saturated carbocycles. The van der Waals surface area contributed by atoms with E-state index in [4.69, 9.17) is 23.2 Å². The third-order valence-corrected chi connectivity index (χ3v) is 4.20. The summed E-state index contributed by atoms with van der Waals surface area (Å²) in [5.41, 5.74) is 1.21. The molecule has 9 heteroatoms. The maximum atomic E-state index is 11.8. The predicted octanol–water partition coefficient (Wildman–Crippen LogP) is 3.46. The number of carbonyl (C=O) groups excluding carboxylic acids is 5. The van der Waals surface area contributed by atoms with Crippen LogP contribution in [0.3, 0.4) is 0 Å². The standard InChI is InChI=1S/C12H11Cl2NO3.C10H11NO2/c13-6-9(16)11(10(17)7-14)12(18)15-8-4-2-1-3-5-8;1-8(12)7-10(13)11-9-5-3-2-4-6-9/h1-5,11H,6-7H2,(H,15,18);2-6H,7H2,1H3,(H,11,13). The summed E-state index contributed by atoms with van der Waals surface area (Å²) in [4.78, 5) is 56.5. The smallest absolute Gasteiger partial charge is 0.242 e. The van der Waals surface area contributed by atoms with Crippen molar-refractivity contribution < 1.29 is 24.0 Å². The van der Waals surface area contributed by atoms with Crippen molar-refractivity contribution in [3.8, 4) is 0 Å². The second-order valence-electron chi connectivity index (χ2n) is 6.28. The van der Waals surface area contributed by atoms with Crippen molar-refractivity contribution in [1.29, 1.82) is 0 Å². The van der Waals surface area contributed by atoms with Crippen LogP contribution in [0.4, 0.5) is 11.4 Å². The number of ketones is 3. The number of benzene rings is 2. The lowest BCUT2D eigenvalue weighted by molar-refractivity contribution is -0.137. The van der Waals surface area contributed by atoms with Crippen LogP contribution in [-0.2, 0) is 24.0 Å². The van der Waals surface area contributed by atoms with Crippen LogP contribution in [0, 0.1) is 5.92 Å². The van der Waals surface area contributed by atoms with E-state index in [-0.39, 0.29) is 18.1 Å². The Morgan fingerprint density at radius 3 is 1.55 bits per heavy atom. The summed E-state index contributed by atoms with van der Waals surface area (Å²) >= 11 is 10.7. The van der Waals surface area contributed by atoms with Gasteiger partial charge in [-0.05, 0) is 31.2 Å². The molecule has 0 saturated heterocycles. The highest BCUT2D eigenvalue weighted by molar-refractivity contribution is 6.38. The molecule has 0 aliphatic heterocycles. The molecule has 2 aromatic carbocycles. The van der Waals surface area contributed by atoms with Crippen LogP contribution in [0.1, 0.15) is 13.3 Å². The zero-order valence-corrected chi connectivity index (χ0v) is 18.3. The van der Waals surface area contributed by atoms with Crippen LogP contribution in [0.25, 0.3) is 0 Å². The number of amides is 2. The van der Waals surface area contributed by atoms with Crippen LogP contribution in [-0.4, -0.2) is 40.9 Å². The minimum absolute atomic E-state index is 0.0606. The first-order valence-electron chi connectivity index (χ1n) is 9.16. The molecule has 2 N–H and O–H groups in total. The van der Waals surface area contributed by atoms with Crippen molar-refractivity contribution in [2.75, 3.05) is 22.4 Å². The SMILES string of the molecule is CC(=O)CC(=O)Nc1ccccc1.O=C(CCl)C(C(=O)CCl)C(=O)Nc1ccccc1. The molecule has 2 aromatic rings. The molecule has 0 atom stereocenters. The number of Topliss-reactive ketones (excluding diaryl/α,β-unsaturated/α-hetero) is 3. The highest BCUT2D eigenvalue weighted by Crippen LogP contribution is 2.11. The van der Waals surface area contributed by atoms with Crippen LogP contribution in [0.15, 0.2) is 60.7 Å². The first-order valence-corrected chi connectivity index (χ1v) is 10.2. The Morgan fingerprint density at radius 1 is 0.742 bits per heavy atom. The Bertz CT molecular complexity index is 889. The van der Waals surface area contributed by atoms with E-state index in [0.29, 0.717) is 11.4 Å². The summed E-state index contributed by atoms with van der Waals surface area (Å²) in [5.74, 6) is -4.68. The van der Waals surface area contributed by atoms with Crippen molar-refractivity contribution in [2.45, 2.75) is 13.3 Å². The van der Waals surface area contributed by atoms with Crippen LogP contribution in [0.5, 0.6) is 0 Å². The first kappa shape index (κ1) is 26.0. The lowest BCUT2D eigenvalue weighted by Gasteiger charge is -2.12. The van der Waals surface area contributed by atoms with Crippen LogP contribution >= 0.6 is 23.2 Å². The molecule has 0 bridgehead atoms. The van der Waals surface area contributed by atoms with Gasteiger partial charge in [-0.3, -0.25) is 24.0 Å². The molecule has 164 valence electrons. The second-order valence-corrected chi connectivity index (χ2v) is 6.82. The summed E-state index contributed by atoms with van der Waals surface area (Å²) in [6, 6.07) is 17.6. The number of hydrogen-bond donors (Lipinski definition) is 2. The van der Waals surface area contributed by atoms with E-state index in [2.05, 4.69) is 10.6 Å². The molecule has 2 amide bonds. The van der Waals surface area contributed by atoms with Crippen molar-refractivity contribution in [3.63, 3.8) is 0 Å². The molecule has 0 radical (unpaired) electrons. The molecule has 0 unspecified atom stereocenters. The number of rotatable bonds is 9. The van der Waals surface area contributed by atoms with E-state index in [0.717, 1.165) is 0 Å². The lowest BCUT2D eigenvalue weighted by atomic mass is 9.99. The van der Waals surface area contributed by atoms with E-state index in [1.165, 1.54) is 6.92 Å². The number of anilines is 2. The monoisotopic (exact) mass is 464 g/mol. The van der Waals surface area contributed by atoms with Gasteiger partial charge in [0.05, 0.1) is 18.2 Å². The van der Waals surface area contributed by atoms with E-state index in [1.807, 2.05) is 18.2 Å². The van der Waals surface area contributed by atoms with Crippen LogP contribution < -0.4 is 10.6 Å². The van der Waals surface area contributed by atoms with Gasteiger partial charge in [-0.2, -0.15) is 0 Å². The van der Waals surface area contributed by atoms with Gasteiger partial charge in [-0.1, -0.05) is 36.4 Å². The van der Waals surface area contributed by atoms with Gasteiger partial charge in [0.15, 0.2) is 17.5 Å². The zero-order valence-electron chi connectivity index (χ0n) is 16.8. The number of para-hydroxylation sites is 2. The van der Waals surface area contributed by atoms with Gasteiger partial charge in [0.2, 0.25) is 11.8 Å². The van der Waals surface area contributed by atoms with E-state index < -0.39 is 35.2 Å². The van der Waals surface area contributed by atoms with Gasteiger partial charge in [0, 0.05) is 11.4 Å². The number of halogens is 2. The Balaban J connectivity index is 0.000000327. The number of hydrogen-bond acceptors (Lipinski definition) is 5. The molecule has 31 heavy (non-hydrogen) atoms. The Kier molecular flexibility index (Phi) is 11.8. The predicted molar refractivity (Wildman–Crippen MR) is 120 cm³/mol. The fraction of sp³-hybridized carbons (Fsp3) is 0.227. The van der Waals surface area contributed by atoms with Crippen LogP contribution in [0.2, 0.25) is 0 Å². The number of alkyl halides is 2. The van der Waals surface area contributed by atoms with E-state index in [1.54, 1.807) is 42.5 Å². The number of nitrogens with one attached hydrogen (secondary N) is 2. The highest BCUT2D eigenvalue weighted by Gasteiger charge is 2.32. The normalized spacial score (nSPS) is 9.81. The molecule has 0 aromatic heterocycles. The molecule has 0 fully saturated rings. The average Bonchev–Trinajstić information content (AvgIpc) is 2.74. The molecule has 0 spiro atoms. The topological polar surface area (TPSA) is 109 Å². The Labute approximate surface area is 190 Å². The maximum Gasteiger partial charge on any atom is 0.242 e. The molecule has 0 aliphatic carbocycles. The summed E-state index contributed by atoms with van der Waals surface area (Å²) in [7, 11) is 0. The molecule has 7 nitrogen and oxygen atoms in total. The Hall–Kier alpha value is -3.03. The fourth-order valence-corrected chi connectivity index (χ4v) is 2.62. The number of carbonyl (C=O) groups is 5. The first-order chi connectivity index (χ1) is 14.8. The fourth-order valence-electron chi connectivity index (χ4n) is 2.31. The van der Waals surface area contributed by atoms with Gasteiger partial charge in [0.1, 0.15) is 5.78 Å². The van der Waals surface area contributed by atoms with Gasteiger partial charge in [-0.15, -0.1) is 23.2 Å². The summed E-state index contributed by atoms with van der Waals surface area (Å²) in [6.45, 7) is 1.39. The van der Waals surface area contributed by atoms with E-state index >= 15 is 0 Å². The molecule has 2 rings (SSSR count). The van der Waals surface area contributed by atoms with Crippen molar-refractivity contribution in [2.24, 2.45) is 5.92 Å². The largest absolute Gasteiger partial charge is 0.326 e. The van der Waals surface area contributed by atoms with Crippen molar-refractivity contribution >= 4 is 63.7 Å². The van der Waals surface area contributed by atoms with Gasteiger partial charge in [0.25, 0.3) is 0 Å². The summed E-state index contributed by atoms with van der Waals surface area (Å²) in [6.07, 6.45) is -0.0606. The average molecular weight is 465 g/mol.